The van der Waals surface area contributed by atoms with E-state index in [9.17, 15) is 10.1 Å². The average molecular weight is 236 g/mol. The fourth-order valence-electron chi connectivity index (χ4n) is 2.00. The molecule has 2 rings (SSSR count). The molecule has 0 aliphatic carbocycles. The van der Waals surface area contributed by atoms with Gasteiger partial charge in [-0.05, 0) is 19.9 Å². The molecule has 1 aromatic heterocycles. The lowest BCUT2D eigenvalue weighted by atomic mass is 10.1. The van der Waals surface area contributed by atoms with Gasteiger partial charge in [-0.1, -0.05) is 0 Å². The zero-order valence-electron chi connectivity index (χ0n) is 9.96. The van der Waals surface area contributed by atoms with E-state index in [4.69, 9.17) is 0 Å². The van der Waals surface area contributed by atoms with Gasteiger partial charge in [0.05, 0.1) is 4.92 Å². The van der Waals surface area contributed by atoms with E-state index < -0.39 is 4.92 Å². The van der Waals surface area contributed by atoms with E-state index in [1.165, 1.54) is 12.3 Å². The van der Waals surface area contributed by atoms with Crippen molar-refractivity contribution in [3.8, 4) is 0 Å². The summed E-state index contributed by atoms with van der Waals surface area (Å²) >= 11 is 0. The van der Waals surface area contributed by atoms with E-state index in [1.54, 1.807) is 6.07 Å². The highest BCUT2D eigenvalue weighted by atomic mass is 16.6. The topological polar surface area (TPSA) is 71.3 Å². The molecule has 1 aromatic rings. The van der Waals surface area contributed by atoms with Crippen molar-refractivity contribution in [1.82, 2.24) is 10.3 Å². The lowest BCUT2D eigenvalue weighted by Crippen LogP contribution is -2.54. The van der Waals surface area contributed by atoms with Crippen LogP contribution >= 0.6 is 0 Å². The molecule has 1 N–H and O–H groups in total. The number of anilines is 1. The minimum Gasteiger partial charge on any atom is -0.351 e. The third-order valence-electron chi connectivity index (χ3n) is 3.00. The molecule has 0 bridgehead atoms. The van der Waals surface area contributed by atoms with Gasteiger partial charge in [-0.15, -0.1) is 0 Å². The third-order valence-corrected chi connectivity index (χ3v) is 3.00. The Morgan fingerprint density at radius 1 is 1.53 bits per heavy atom. The number of nitro groups is 1. The Hall–Kier alpha value is -1.69. The van der Waals surface area contributed by atoms with Crippen LogP contribution in [0.3, 0.4) is 0 Å². The monoisotopic (exact) mass is 236 g/mol. The lowest BCUT2D eigenvalue weighted by Gasteiger charge is -2.38. The molecule has 6 heteroatoms. The number of nitrogens with one attached hydrogen (secondary N) is 1. The highest BCUT2D eigenvalue weighted by Crippen LogP contribution is 2.19. The van der Waals surface area contributed by atoms with Gasteiger partial charge < -0.3 is 10.2 Å². The summed E-state index contributed by atoms with van der Waals surface area (Å²) in [4.78, 5) is 16.5. The Morgan fingerprint density at radius 3 is 2.88 bits per heavy atom. The van der Waals surface area contributed by atoms with Gasteiger partial charge in [0.1, 0.15) is 12.0 Å². The molecule has 0 radical (unpaired) electrons. The Balaban J connectivity index is 2.18. The van der Waals surface area contributed by atoms with Gasteiger partial charge >= 0.3 is 0 Å². The lowest BCUT2D eigenvalue weighted by molar-refractivity contribution is -0.385. The second-order valence-electron chi connectivity index (χ2n) is 4.44. The first-order valence-corrected chi connectivity index (χ1v) is 5.68. The van der Waals surface area contributed by atoms with Crippen LogP contribution in [0.5, 0.6) is 0 Å². The fraction of sp³-hybridized carbons (Fsp3) is 0.545. The number of aromatic nitrogens is 1. The first-order chi connectivity index (χ1) is 8.08. The normalized spacial score (nSPS) is 24.7. The van der Waals surface area contributed by atoms with Crippen LogP contribution in [0.1, 0.15) is 13.8 Å². The van der Waals surface area contributed by atoms with Gasteiger partial charge in [-0.3, -0.25) is 10.1 Å². The summed E-state index contributed by atoms with van der Waals surface area (Å²) in [6.45, 7) is 6.00. The summed E-state index contributed by atoms with van der Waals surface area (Å²) in [5.41, 5.74) is 0.0320. The van der Waals surface area contributed by atoms with Gasteiger partial charge in [0, 0.05) is 31.2 Å². The molecule has 0 aromatic carbocycles. The maximum absolute atomic E-state index is 10.5. The van der Waals surface area contributed by atoms with E-state index in [-0.39, 0.29) is 5.69 Å². The molecule has 0 spiro atoms. The Bertz CT molecular complexity index is 406. The van der Waals surface area contributed by atoms with Crippen LogP contribution in [-0.2, 0) is 0 Å². The SMILES string of the molecule is CC1CN(c2ccc([N+](=O)[O-])cn2)C(C)CN1. The molecule has 0 amide bonds. The molecule has 2 unspecified atom stereocenters. The molecule has 1 fully saturated rings. The minimum atomic E-state index is -0.430. The first-order valence-electron chi connectivity index (χ1n) is 5.68. The summed E-state index contributed by atoms with van der Waals surface area (Å²) < 4.78 is 0. The molecular weight excluding hydrogens is 220 g/mol. The Morgan fingerprint density at radius 2 is 2.29 bits per heavy atom. The van der Waals surface area contributed by atoms with Crippen molar-refractivity contribution in [3.63, 3.8) is 0 Å². The van der Waals surface area contributed by atoms with Crippen molar-refractivity contribution in [2.24, 2.45) is 0 Å². The molecular formula is C11H16N4O2. The molecule has 1 aliphatic heterocycles. The summed E-state index contributed by atoms with van der Waals surface area (Å²) in [5.74, 6) is 0.802. The van der Waals surface area contributed by atoms with Crippen molar-refractivity contribution in [2.75, 3.05) is 18.0 Å². The Kier molecular flexibility index (Phi) is 3.23. The number of rotatable bonds is 2. The van der Waals surface area contributed by atoms with Crippen LogP contribution in [0, 0.1) is 10.1 Å². The fourth-order valence-corrected chi connectivity index (χ4v) is 2.00. The first kappa shape index (κ1) is 11.8. The second kappa shape index (κ2) is 4.67. The third kappa shape index (κ3) is 2.52. The van der Waals surface area contributed by atoms with Crippen LogP contribution in [0.4, 0.5) is 11.5 Å². The number of hydrogen-bond acceptors (Lipinski definition) is 5. The highest BCUT2D eigenvalue weighted by molar-refractivity contribution is 5.44. The Labute approximate surface area is 99.8 Å². The van der Waals surface area contributed by atoms with Crippen molar-refractivity contribution >= 4 is 11.5 Å². The van der Waals surface area contributed by atoms with Crippen molar-refractivity contribution in [1.29, 1.82) is 0 Å². The van der Waals surface area contributed by atoms with E-state index >= 15 is 0 Å². The number of hydrogen-bond donors (Lipinski definition) is 1. The van der Waals surface area contributed by atoms with Crippen LogP contribution in [0.25, 0.3) is 0 Å². The largest absolute Gasteiger partial charge is 0.351 e. The van der Waals surface area contributed by atoms with Gasteiger partial charge in [-0.25, -0.2) is 4.98 Å². The summed E-state index contributed by atoms with van der Waals surface area (Å²) in [6.07, 6.45) is 1.31. The summed E-state index contributed by atoms with van der Waals surface area (Å²) in [7, 11) is 0. The predicted molar refractivity (Wildman–Crippen MR) is 65.2 cm³/mol. The van der Waals surface area contributed by atoms with Crippen LogP contribution in [0.2, 0.25) is 0 Å². The maximum atomic E-state index is 10.5. The number of pyridine rings is 1. The number of nitrogens with zero attached hydrogens (tertiary/aromatic N) is 3. The molecule has 1 saturated heterocycles. The molecule has 6 nitrogen and oxygen atoms in total. The molecule has 1 aliphatic rings. The van der Waals surface area contributed by atoms with Gasteiger partial charge in [0.15, 0.2) is 0 Å². The van der Waals surface area contributed by atoms with E-state index in [1.807, 2.05) is 0 Å². The second-order valence-corrected chi connectivity index (χ2v) is 4.44. The van der Waals surface area contributed by atoms with Crippen LogP contribution < -0.4 is 10.2 Å². The predicted octanol–water partition coefficient (Wildman–Crippen LogP) is 1.18. The molecule has 2 heterocycles. The number of piperazine rings is 1. The quantitative estimate of drug-likeness (QED) is 0.616. The molecule has 2 atom stereocenters. The standard InChI is InChI=1S/C11H16N4O2/c1-8-7-14(9(2)5-12-8)11-4-3-10(6-13-11)15(16)17/h3-4,6,8-9,12H,5,7H2,1-2H3. The van der Waals surface area contributed by atoms with Crippen molar-refractivity contribution in [3.05, 3.63) is 28.4 Å². The maximum Gasteiger partial charge on any atom is 0.287 e. The van der Waals surface area contributed by atoms with Crippen LogP contribution in [-0.4, -0.2) is 35.1 Å². The summed E-state index contributed by atoms with van der Waals surface area (Å²) in [5, 5.41) is 13.9. The molecule has 92 valence electrons. The zero-order valence-corrected chi connectivity index (χ0v) is 9.96. The zero-order chi connectivity index (χ0) is 12.4. The highest BCUT2D eigenvalue weighted by Gasteiger charge is 2.23. The van der Waals surface area contributed by atoms with Gasteiger partial charge in [0.25, 0.3) is 5.69 Å². The van der Waals surface area contributed by atoms with E-state index in [2.05, 4.69) is 29.0 Å². The van der Waals surface area contributed by atoms with E-state index in [0.717, 1.165) is 18.9 Å². The van der Waals surface area contributed by atoms with Gasteiger partial charge in [0.2, 0.25) is 0 Å². The van der Waals surface area contributed by atoms with Crippen molar-refractivity contribution < 1.29 is 4.92 Å². The smallest absolute Gasteiger partial charge is 0.287 e. The van der Waals surface area contributed by atoms with Gasteiger partial charge in [-0.2, -0.15) is 0 Å². The van der Waals surface area contributed by atoms with Crippen LogP contribution in [0.15, 0.2) is 18.3 Å². The van der Waals surface area contributed by atoms with E-state index in [0.29, 0.717) is 12.1 Å². The van der Waals surface area contributed by atoms with Crippen molar-refractivity contribution in [2.45, 2.75) is 25.9 Å². The molecule has 0 saturated carbocycles. The minimum absolute atomic E-state index is 0.0320. The average Bonchev–Trinajstić information content (AvgIpc) is 2.32. The summed E-state index contributed by atoms with van der Waals surface area (Å²) in [6, 6.07) is 3.97. The molecule has 17 heavy (non-hydrogen) atoms.